The van der Waals surface area contributed by atoms with Gasteiger partial charge in [-0.1, -0.05) is 17.7 Å². The van der Waals surface area contributed by atoms with Crippen LogP contribution < -0.4 is 5.32 Å². The van der Waals surface area contributed by atoms with E-state index in [4.69, 9.17) is 16.3 Å². The van der Waals surface area contributed by atoms with E-state index in [1.807, 2.05) is 0 Å². The molecule has 2 aromatic rings. The Balaban J connectivity index is 2.28. The fourth-order valence-corrected chi connectivity index (χ4v) is 2.01. The van der Waals surface area contributed by atoms with E-state index >= 15 is 0 Å². The molecule has 1 heterocycles. The van der Waals surface area contributed by atoms with E-state index in [2.05, 4.69) is 10.3 Å². The summed E-state index contributed by atoms with van der Waals surface area (Å²) in [5, 5.41) is 3.43. The van der Waals surface area contributed by atoms with Gasteiger partial charge >= 0.3 is 5.97 Å². The summed E-state index contributed by atoms with van der Waals surface area (Å²) in [6.07, 6.45) is 4.30. The Morgan fingerprint density at radius 3 is 2.65 bits per heavy atom. The van der Waals surface area contributed by atoms with Crippen molar-refractivity contribution in [3.63, 3.8) is 0 Å². The lowest BCUT2D eigenvalue weighted by Gasteiger charge is -2.08. The number of nitrogens with zero attached hydrogens (tertiary/aromatic N) is 1. The van der Waals surface area contributed by atoms with E-state index in [1.165, 1.54) is 30.7 Å². The number of carbonyl (C=O) groups is 2. The van der Waals surface area contributed by atoms with Gasteiger partial charge in [-0.05, 0) is 37.3 Å². The molecule has 0 amide bonds. The maximum absolute atomic E-state index is 12.5. The summed E-state index contributed by atoms with van der Waals surface area (Å²) in [6, 6.07) is 10.0. The first-order valence-electron chi connectivity index (χ1n) is 6.96. The number of hydrogen-bond acceptors (Lipinski definition) is 5. The number of benzene rings is 1. The summed E-state index contributed by atoms with van der Waals surface area (Å²) >= 11 is 5.90. The molecule has 0 unspecified atom stereocenters. The molecule has 0 aliphatic heterocycles. The fourth-order valence-electron chi connectivity index (χ4n) is 1.82. The zero-order chi connectivity index (χ0) is 16.7. The highest BCUT2D eigenvalue weighted by molar-refractivity contribution is 6.30. The number of anilines is 1. The minimum absolute atomic E-state index is 0.0991. The molecule has 0 bridgehead atoms. The van der Waals surface area contributed by atoms with Crippen LogP contribution >= 0.6 is 11.6 Å². The van der Waals surface area contributed by atoms with Crippen LogP contribution in [0.3, 0.4) is 0 Å². The van der Waals surface area contributed by atoms with Crippen LogP contribution in [0.25, 0.3) is 0 Å². The van der Waals surface area contributed by atoms with Crippen molar-refractivity contribution in [2.24, 2.45) is 0 Å². The Hall–Kier alpha value is -2.66. The van der Waals surface area contributed by atoms with Crippen molar-refractivity contribution in [3.8, 4) is 0 Å². The van der Waals surface area contributed by atoms with Gasteiger partial charge in [0, 0.05) is 34.9 Å². The molecule has 6 heteroatoms. The molecule has 0 aliphatic carbocycles. The Morgan fingerprint density at radius 2 is 2.00 bits per heavy atom. The number of carbonyl (C=O) groups excluding carboxylic acids is 2. The topological polar surface area (TPSA) is 68.3 Å². The van der Waals surface area contributed by atoms with Gasteiger partial charge in [-0.3, -0.25) is 9.78 Å². The fraction of sp³-hybridized carbons (Fsp3) is 0.118. The third-order valence-corrected chi connectivity index (χ3v) is 3.13. The van der Waals surface area contributed by atoms with E-state index < -0.39 is 11.8 Å². The smallest absolute Gasteiger partial charge is 0.343 e. The van der Waals surface area contributed by atoms with Crippen LogP contribution in [-0.2, 0) is 9.53 Å². The molecule has 1 N–H and O–H groups in total. The van der Waals surface area contributed by atoms with Crippen LogP contribution in [0.4, 0.5) is 5.69 Å². The molecule has 0 saturated heterocycles. The quantitative estimate of drug-likeness (QED) is 0.289. The molecule has 118 valence electrons. The molecule has 0 spiro atoms. The Bertz CT molecular complexity index is 730. The zero-order valence-corrected chi connectivity index (χ0v) is 13.2. The number of pyridine rings is 1. The van der Waals surface area contributed by atoms with Crippen molar-refractivity contribution in [3.05, 3.63) is 71.2 Å². The van der Waals surface area contributed by atoms with Crippen LogP contribution in [0.2, 0.25) is 5.02 Å². The van der Waals surface area contributed by atoms with E-state index in [0.717, 1.165) is 0 Å². The average Bonchev–Trinajstić information content (AvgIpc) is 2.56. The van der Waals surface area contributed by atoms with Gasteiger partial charge in [-0.15, -0.1) is 0 Å². The van der Waals surface area contributed by atoms with E-state index in [9.17, 15) is 9.59 Å². The molecule has 23 heavy (non-hydrogen) atoms. The minimum atomic E-state index is -0.691. The van der Waals surface area contributed by atoms with E-state index in [0.29, 0.717) is 16.3 Å². The predicted molar refractivity (Wildman–Crippen MR) is 88.4 cm³/mol. The van der Waals surface area contributed by atoms with E-state index in [-0.39, 0.29) is 12.2 Å². The second kappa shape index (κ2) is 8.10. The zero-order valence-electron chi connectivity index (χ0n) is 12.5. The molecule has 2 rings (SSSR count). The van der Waals surface area contributed by atoms with Gasteiger partial charge in [-0.25, -0.2) is 4.79 Å². The normalized spacial score (nSPS) is 11.0. The molecule has 5 nitrogen and oxygen atoms in total. The molecule has 0 radical (unpaired) electrons. The lowest BCUT2D eigenvalue weighted by Crippen LogP contribution is -2.17. The van der Waals surface area contributed by atoms with Gasteiger partial charge in [0.1, 0.15) is 5.57 Å². The highest BCUT2D eigenvalue weighted by Gasteiger charge is 2.21. The number of rotatable bonds is 6. The van der Waals surface area contributed by atoms with Crippen LogP contribution in [0.5, 0.6) is 0 Å². The second-order valence-corrected chi connectivity index (χ2v) is 4.93. The molecule has 1 aromatic heterocycles. The number of ether oxygens (including phenoxy) is 1. The number of esters is 1. The third-order valence-electron chi connectivity index (χ3n) is 2.89. The van der Waals surface area contributed by atoms with Crippen molar-refractivity contribution >= 4 is 29.0 Å². The maximum atomic E-state index is 12.5. The third kappa shape index (κ3) is 4.66. The number of Topliss-reactive ketones (excluding diaryl/α,β-unsaturated/α-hetero) is 1. The summed E-state index contributed by atoms with van der Waals surface area (Å²) in [5.74, 6) is -1.13. The summed E-state index contributed by atoms with van der Waals surface area (Å²) in [7, 11) is 0. The second-order valence-electron chi connectivity index (χ2n) is 4.50. The first-order valence-corrected chi connectivity index (χ1v) is 7.33. The molecule has 0 aliphatic rings. The van der Waals surface area contributed by atoms with Gasteiger partial charge in [-0.2, -0.15) is 0 Å². The Labute approximate surface area is 138 Å². The lowest BCUT2D eigenvalue weighted by atomic mass is 10.1. The van der Waals surface area contributed by atoms with Crippen LogP contribution in [0.15, 0.2) is 60.6 Å². The van der Waals surface area contributed by atoms with Crippen molar-refractivity contribution in [2.45, 2.75) is 6.92 Å². The van der Waals surface area contributed by atoms with Crippen LogP contribution in [0, 0.1) is 0 Å². The van der Waals surface area contributed by atoms with Crippen molar-refractivity contribution in [1.82, 2.24) is 4.98 Å². The number of nitrogens with one attached hydrogen (secondary N) is 1. The van der Waals surface area contributed by atoms with Crippen molar-refractivity contribution in [2.75, 3.05) is 11.9 Å². The van der Waals surface area contributed by atoms with Gasteiger partial charge in [0.25, 0.3) is 0 Å². The van der Waals surface area contributed by atoms with Crippen molar-refractivity contribution < 1.29 is 14.3 Å². The SMILES string of the molecule is CCOC(=O)C(=CNc1cccc(Cl)c1)C(=O)c1ccncc1. The van der Waals surface area contributed by atoms with Gasteiger partial charge in [0.2, 0.25) is 5.78 Å². The number of halogens is 1. The molecule has 0 saturated carbocycles. The highest BCUT2D eigenvalue weighted by atomic mass is 35.5. The summed E-state index contributed by atoms with van der Waals surface area (Å²) in [5.41, 5.74) is 0.909. The summed E-state index contributed by atoms with van der Waals surface area (Å²) < 4.78 is 4.95. The maximum Gasteiger partial charge on any atom is 0.343 e. The summed E-state index contributed by atoms with van der Waals surface area (Å²) in [6.45, 7) is 1.85. The minimum Gasteiger partial charge on any atom is -0.462 e. The lowest BCUT2D eigenvalue weighted by molar-refractivity contribution is -0.138. The molecular weight excluding hydrogens is 316 g/mol. The Kier molecular flexibility index (Phi) is 5.88. The first kappa shape index (κ1) is 16.7. The van der Waals surface area contributed by atoms with E-state index in [1.54, 1.807) is 31.2 Å². The molecule has 1 aromatic carbocycles. The molecule has 0 atom stereocenters. The van der Waals surface area contributed by atoms with Crippen molar-refractivity contribution in [1.29, 1.82) is 0 Å². The number of hydrogen-bond donors (Lipinski definition) is 1. The highest BCUT2D eigenvalue weighted by Crippen LogP contribution is 2.16. The number of aromatic nitrogens is 1. The van der Waals surface area contributed by atoms with Crippen LogP contribution in [0.1, 0.15) is 17.3 Å². The largest absolute Gasteiger partial charge is 0.462 e. The van der Waals surface area contributed by atoms with Gasteiger partial charge < -0.3 is 10.1 Å². The standard InChI is InChI=1S/C17H15ClN2O3/c1-2-23-17(22)15(16(21)12-6-8-19-9-7-12)11-20-14-5-3-4-13(18)10-14/h3-11,20H,2H2,1H3. The van der Waals surface area contributed by atoms with Gasteiger partial charge in [0.05, 0.1) is 6.61 Å². The average molecular weight is 331 g/mol. The molecule has 0 fully saturated rings. The Morgan fingerprint density at radius 1 is 1.26 bits per heavy atom. The predicted octanol–water partition coefficient (Wildman–Crippen LogP) is 3.48. The molecular formula is C17H15ClN2O3. The monoisotopic (exact) mass is 330 g/mol. The van der Waals surface area contributed by atoms with Gasteiger partial charge in [0.15, 0.2) is 0 Å². The summed E-state index contributed by atoms with van der Waals surface area (Å²) in [4.78, 5) is 28.4. The number of ketones is 1. The van der Waals surface area contributed by atoms with Crippen LogP contribution in [-0.4, -0.2) is 23.3 Å². The first-order chi connectivity index (χ1) is 11.1.